The van der Waals surface area contributed by atoms with Gasteiger partial charge in [0.2, 0.25) is 0 Å². The van der Waals surface area contributed by atoms with Gasteiger partial charge in [-0.3, -0.25) is 0 Å². The third-order valence-corrected chi connectivity index (χ3v) is 7.28. The number of carbonyl (C=O) groups is 2. The van der Waals surface area contributed by atoms with Crippen LogP contribution in [-0.2, 0) is 4.74 Å². The van der Waals surface area contributed by atoms with E-state index in [1.807, 2.05) is 11.1 Å². The molecule has 0 radical (unpaired) electrons. The van der Waals surface area contributed by atoms with Crippen LogP contribution in [0.2, 0.25) is 0 Å². The summed E-state index contributed by atoms with van der Waals surface area (Å²) >= 11 is 0. The second-order valence-electron chi connectivity index (χ2n) is 9.04. The van der Waals surface area contributed by atoms with Crippen molar-refractivity contribution in [1.29, 1.82) is 0 Å². The summed E-state index contributed by atoms with van der Waals surface area (Å²) in [6.45, 7) is 3.39. The fourth-order valence-corrected chi connectivity index (χ4v) is 5.91. The Balaban J connectivity index is 0.000000567. The average Bonchev–Trinajstić information content (AvgIpc) is 3.16. The lowest BCUT2D eigenvalue weighted by molar-refractivity contribution is -0.0305. The molecule has 3 unspecified atom stereocenters. The number of nitrogens with zero attached hydrogens (tertiary/aromatic N) is 5. The number of aromatic nitrogens is 2. The summed E-state index contributed by atoms with van der Waals surface area (Å²) < 4.78 is 6.02. The van der Waals surface area contributed by atoms with Crippen LogP contribution < -0.4 is 4.90 Å². The molecule has 1 amide bonds. The molecule has 0 aromatic carbocycles. The van der Waals surface area contributed by atoms with E-state index in [1.165, 1.54) is 44.9 Å². The lowest BCUT2D eigenvalue weighted by Gasteiger charge is -2.44. The van der Waals surface area contributed by atoms with Crippen LogP contribution in [0.4, 0.5) is 15.4 Å². The summed E-state index contributed by atoms with van der Waals surface area (Å²) in [6, 6.07) is 2.19. The Bertz CT molecular complexity index is 763. The van der Waals surface area contributed by atoms with E-state index >= 15 is 0 Å². The Morgan fingerprint density at radius 1 is 1.00 bits per heavy atom. The molecule has 3 heterocycles. The van der Waals surface area contributed by atoms with Gasteiger partial charge < -0.3 is 19.8 Å². The number of anilines is 1. The van der Waals surface area contributed by atoms with Crippen LogP contribution in [0.15, 0.2) is 18.6 Å². The van der Waals surface area contributed by atoms with Crippen molar-refractivity contribution >= 4 is 18.1 Å². The number of hydrogen-bond acceptors (Lipinski definition) is 7. The van der Waals surface area contributed by atoms with Gasteiger partial charge in [0.1, 0.15) is 18.2 Å². The maximum absolute atomic E-state index is 12.8. The molecule has 2 saturated heterocycles. The van der Waals surface area contributed by atoms with Gasteiger partial charge in [-0.25, -0.2) is 29.6 Å². The Morgan fingerprint density at radius 3 is 2.38 bits per heavy atom. The second-order valence-corrected chi connectivity index (χ2v) is 9.04. The Hall–Kier alpha value is -2.62. The highest BCUT2D eigenvalue weighted by molar-refractivity contribution is 5.70. The van der Waals surface area contributed by atoms with E-state index in [-0.39, 0.29) is 18.2 Å². The maximum Gasteiger partial charge on any atom is 0.503 e. The quantitative estimate of drug-likeness (QED) is 0.719. The van der Waals surface area contributed by atoms with Crippen molar-refractivity contribution in [3.05, 3.63) is 18.6 Å². The lowest BCUT2D eigenvalue weighted by Crippen LogP contribution is -2.58. The maximum atomic E-state index is 12.8. The zero-order chi connectivity index (χ0) is 22.5. The molecule has 32 heavy (non-hydrogen) atoms. The molecule has 2 aliphatic heterocycles. The number of hydrogen-bond donors (Lipinski definition) is 2. The van der Waals surface area contributed by atoms with Gasteiger partial charge >= 0.3 is 12.2 Å². The fraction of sp³-hybridized carbons (Fsp3) is 0.727. The minimum Gasteiger partial charge on any atom is -0.450 e. The first-order valence-electron chi connectivity index (χ1n) is 11.7. The molecule has 1 aromatic rings. The molecule has 10 heteroatoms. The van der Waals surface area contributed by atoms with Gasteiger partial charge in [-0.05, 0) is 24.8 Å². The monoisotopic (exact) mass is 447 g/mol. The highest BCUT2D eigenvalue weighted by Gasteiger charge is 2.51. The molecule has 4 aliphatic rings. The Morgan fingerprint density at radius 2 is 1.72 bits per heavy atom. The summed E-state index contributed by atoms with van der Waals surface area (Å²) in [5, 5.41) is 18.2. The molecular weight excluding hydrogens is 414 g/mol. The van der Waals surface area contributed by atoms with E-state index in [4.69, 9.17) is 19.7 Å². The van der Waals surface area contributed by atoms with Gasteiger partial charge in [-0.1, -0.05) is 38.5 Å². The van der Waals surface area contributed by atoms with Gasteiger partial charge in [0, 0.05) is 38.3 Å². The van der Waals surface area contributed by atoms with E-state index in [2.05, 4.69) is 19.9 Å². The molecule has 0 spiro atoms. The minimum atomic E-state index is -1.83. The van der Waals surface area contributed by atoms with E-state index < -0.39 is 6.16 Å². The molecule has 2 aliphatic carbocycles. The van der Waals surface area contributed by atoms with Gasteiger partial charge in [-0.15, -0.1) is 0 Å². The normalized spacial score (nSPS) is 29.0. The number of rotatable bonds is 3. The number of fused-ring (bicyclic) bond motifs is 1. The van der Waals surface area contributed by atoms with Crippen molar-refractivity contribution in [2.24, 2.45) is 11.8 Å². The molecule has 2 saturated carbocycles. The number of carbonyl (C=O) groups excluding carboxylic acids is 1. The third kappa shape index (κ3) is 5.06. The van der Waals surface area contributed by atoms with Crippen LogP contribution >= 0.6 is 0 Å². The summed E-state index contributed by atoms with van der Waals surface area (Å²) in [4.78, 5) is 32.0. The van der Waals surface area contributed by atoms with Crippen LogP contribution in [0.1, 0.15) is 51.4 Å². The molecule has 176 valence electrons. The minimum absolute atomic E-state index is 0.101. The molecule has 4 fully saturated rings. The van der Waals surface area contributed by atoms with Gasteiger partial charge in [0.15, 0.2) is 0 Å². The molecule has 10 nitrogen and oxygen atoms in total. The first kappa shape index (κ1) is 22.6. The van der Waals surface area contributed by atoms with E-state index in [0.29, 0.717) is 5.92 Å². The van der Waals surface area contributed by atoms with Crippen LogP contribution in [0.25, 0.3) is 0 Å². The van der Waals surface area contributed by atoms with Crippen LogP contribution in [0.5, 0.6) is 0 Å². The van der Waals surface area contributed by atoms with Gasteiger partial charge in [-0.2, -0.15) is 0 Å². The Labute approximate surface area is 188 Å². The molecule has 2 N–H and O–H groups in total. The summed E-state index contributed by atoms with van der Waals surface area (Å²) in [6.07, 6.45) is 11.8. The average molecular weight is 448 g/mol. The largest absolute Gasteiger partial charge is 0.503 e. The molecule has 0 bridgehead atoms. The number of ether oxygens (including phenoxy) is 1. The standard InChI is InChI=1S/C21H31N5O2.CH2O3/c27-21-26(25-13-11-24(12-14-25)19-9-10-22-15-23-19)18-8-4-7-17(20(18)28-21)16-5-2-1-3-6-16;2-1(3)4/h9-10,15-18,20H,1-8,11-14H2;(H2,2,3,4). The van der Waals surface area contributed by atoms with Crippen LogP contribution in [-0.4, -0.2) is 80.8 Å². The summed E-state index contributed by atoms with van der Waals surface area (Å²) in [7, 11) is 0. The van der Waals surface area contributed by atoms with Gasteiger partial charge in [0.25, 0.3) is 0 Å². The second kappa shape index (κ2) is 10.3. The smallest absolute Gasteiger partial charge is 0.450 e. The van der Waals surface area contributed by atoms with Crippen LogP contribution in [0.3, 0.4) is 0 Å². The van der Waals surface area contributed by atoms with Crippen molar-refractivity contribution in [2.75, 3.05) is 31.1 Å². The topological polar surface area (TPSA) is 119 Å². The van der Waals surface area contributed by atoms with E-state index in [1.54, 1.807) is 12.5 Å². The number of hydrazine groups is 1. The first-order valence-corrected chi connectivity index (χ1v) is 11.7. The van der Waals surface area contributed by atoms with E-state index in [0.717, 1.165) is 44.3 Å². The lowest BCUT2D eigenvalue weighted by atomic mass is 9.70. The summed E-state index contributed by atoms with van der Waals surface area (Å²) in [5.41, 5.74) is 0. The first-order chi connectivity index (χ1) is 15.5. The van der Waals surface area contributed by atoms with Crippen molar-refractivity contribution < 1.29 is 24.5 Å². The fourth-order valence-electron chi connectivity index (χ4n) is 5.91. The SMILES string of the molecule is O=C(O)O.O=C1OC2C(C3CCCCC3)CCCC2N1N1CCN(c2ccncn2)CC1. The number of piperazine rings is 1. The van der Waals surface area contributed by atoms with Crippen molar-refractivity contribution in [3.8, 4) is 0 Å². The van der Waals surface area contributed by atoms with Gasteiger partial charge in [0.05, 0.1) is 6.04 Å². The summed E-state index contributed by atoms with van der Waals surface area (Å²) in [5.74, 6) is 2.28. The highest BCUT2D eigenvalue weighted by Crippen LogP contribution is 2.44. The van der Waals surface area contributed by atoms with Crippen molar-refractivity contribution in [3.63, 3.8) is 0 Å². The molecule has 5 rings (SSSR count). The Kier molecular flexibility index (Phi) is 7.29. The molecule has 3 atom stereocenters. The molecular formula is C22H33N5O5. The zero-order valence-electron chi connectivity index (χ0n) is 18.4. The van der Waals surface area contributed by atoms with Crippen LogP contribution in [0, 0.1) is 11.8 Å². The zero-order valence-corrected chi connectivity index (χ0v) is 18.4. The predicted molar refractivity (Wildman–Crippen MR) is 116 cm³/mol. The third-order valence-electron chi connectivity index (χ3n) is 7.28. The van der Waals surface area contributed by atoms with Crippen molar-refractivity contribution in [2.45, 2.75) is 63.5 Å². The predicted octanol–water partition coefficient (Wildman–Crippen LogP) is 3.31. The number of amides is 1. The van der Waals surface area contributed by atoms with Crippen molar-refractivity contribution in [1.82, 2.24) is 20.0 Å². The molecule has 1 aromatic heterocycles. The van der Waals surface area contributed by atoms with E-state index in [9.17, 15) is 4.79 Å². The highest BCUT2D eigenvalue weighted by atomic mass is 16.6. The number of carboxylic acid groups (broad SMARTS) is 2.